The second-order valence-corrected chi connectivity index (χ2v) is 5.92. The fourth-order valence-electron chi connectivity index (χ4n) is 2.57. The summed E-state index contributed by atoms with van der Waals surface area (Å²) in [7, 11) is 0. The summed E-state index contributed by atoms with van der Waals surface area (Å²) >= 11 is 0. The molecular formula is C16H36N2O. The van der Waals surface area contributed by atoms with Crippen LogP contribution in [0.25, 0.3) is 0 Å². The van der Waals surface area contributed by atoms with Crippen molar-refractivity contribution in [2.24, 2.45) is 11.7 Å². The fraction of sp³-hybridized carbons (Fsp3) is 1.00. The molecule has 0 heterocycles. The molecule has 0 fully saturated rings. The molecule has 0 saturated heterocycles. The number of nitrogens with zero attached hydrogens (tertiary/aromatic N) is 1. The Morgan fingerprint density at radius 3 is 2.11 bits per heavy atom. The highest BCUT2D eigenvalue weighted by Gasteiger charge is 2.30. The van der Waals surface area contributed by atoms with E-state index in [1.54, 1.807) is 0 Å². The standard InChI is InChI=1S/C16H36N2O/c1-6-10-18(16(7-2,8-3)14-17)11-13-19-12-9-15(4)5/h15H,6-14,17H2,1-5H3. The normalized spacial score (nSPS) is 12.6. The lowest BCUT2D eigenvalue weighted by Gasteiger charge is -2.42. The molecule has 3 nitrogen and oxygen atoms in total. The highest BCUT2D eigenvalue weighted by Crippen LogP contribution is 2.23. The molecule has 0 spiro atoms. The maximum atomic E-state index is 6.05. The Morgan fingerprint density at radius 2 is 1.68 bits per heavy atom. The Balaban J connectivity index is 4.24. The SMILES string of the molecule is CCCN(CCOCCC(C)C)C(CC)(CC)CN. The first-order valence-corrected chi connectivity index (χ1v) is 8.09. The summed E-state index contributed by atoms with van der Waals surface area (Å²) in [6.45, 7) is 15.8. The van der Waals surface area contributed by atoms with E-state index in [1.807, 2.05) is 0 Å². The van der Waals surface area contributed by atoms with Gasteiger partial charge in [0.1, 0.15) is 0 Å². The molecule has 0 bridgehead atoms. The van der Waals surface area contributed by atoms with Gasteiger partial charge in [-0.1, -0.05) is 34.6 Å². The van der Waals surface area contributed by atoms with Crippen molar-refractivity contribution >= 4 is 0 Å². The van der Waals surface area contributed by atoms with Gasteiger partial charge in [0.05, 0.1) is 6.61 Å². The number of hydrogen-bond acceptors (Lipinski definition) is 3. The highest BCUT2D eigenvalue weighted by atomic mass is 16.5. The van der Waals surface area contributed by atoms with E-state index in [1.165, 1.54) is 6.42 Å². The number of hydrogen-bond donors (Lipinski definition) is 1. The zero-order valence-corrected chi connectivity index (χ0v) is 13.9. The summed E-state index contributed by atoms with van der Waals surface area (Å²) in [6.07, 6.45) is 4.56. The summed E-state index contributed by atoms with van der Waals surface area (Å²) in [5.74, 6) is 0.723. The van der Waals surface area contributed by atoms with Crippen LogP contribution in [0.1, 0.15) is 60.3 Å². The third-order valence-corrected chi connectivity index (χ3v) is 4.21. The van der Waals surface area contributed by atoms with Crippen LogP contribution in [0.2, 0.25) is 0 Å². The molecule has 0 rings (SSSR count). The molecule has 0 amide bonds. The summed E-state index contributed by atoms with van der Waals surface area (Å²) in [6, 6.07) is 0. The molecule has 116 valence electrons. The van der Waals surface area contributed by atoms with Crippen LogP contribution in [0, 0.1) is 5.92 Å². The summed E-state index contributed by atoms with van der Waals surface area (Å²) in [5, 5.41) is 0. The third kappa shape index (κ3) is 6.73. The minimum Gasteiger partial charge on any atom is -0.380 e. The van der Waals surface area contributed by atoms with Crippen molar-refractivity contribution in [3.8, 4) is 0 Å². The van der Waals surface area contributed by atoms with Gasteiger partial charge < -0.3 is 10.5 Å². The number of nitrogens with two attached hydrogens (primary N) is 1. The van der Waals surface area contributed by atoms with Crippen molar-refractivity contribution in [3.63, 3.8) is 0 Å². The quantitative estimate of drug-likeness (QED) is 0.554. The predicted octanol–water partition coefficient (Wildman–Crippen LogP) is 3.28. The molecule has 0 aromatic rings. The molecule has 0 atom stereocenters. The van der Waals surface area contributed by atoms with E-state index in [-0.39, 0.29) is 5.54 Å². The van der Waals surface area contributed by atoms with Crippen LogP contribution < -0.4 is 5.73 Å². The minimum absolute atomic E-state index is 0.164. The molecule has 0 unspecified atom stereocenters. The lowest BCUT2D eigenvalue weighted by molar-refractivity contribution is 0.0370. The van der Waals surface area contributed by atoms with Gasteiger partial charge >= 0.3 is 0 Å². The summed E-state index contributed by atoms with van der Waals surface area (Å²) in [5.41, 5.74) is 6.21. The molecule has 0 aliphatic carbocycles. The Morgan fingerprint density at radius 1 is 1.05 bits per heavy atom. The Hall–Kier alpha value is -0.120. The summed E-state index contributed by atoms with van der Waals surface area (Å²) in [4.78, 5) is 2.54. The number of rotatable bonds is 12. The van der Waals surface area contributed by atoms with Crippen LogP contribution in [0.5, 0.6) is 0 Å². The number of ether oxygens (including phenoxy) is 1. The molecular weight excluding hydrogens is 236 g/mol. The van der Waals surface area contributed by atoms with E-state index >= 15 is 0 Å². The van der Waals surface area contributed by atoms with Gasteiger partial charge in [-0.3, -0.25) is 4.90 Å². The van der Waals surface area contributed by atoms with Crippen LogP contribution in [-0.4, -0.2) is 43.3 Å². The minimum atomic E-state index is 0.164. The second kappa shape index (κ2) is 10.6. The van der Waals surface area contributed by atoms with Crippen LogP contribution in [-0.2, 0) is 4.74 Å². The molecule has 19 heavy (non-hydrogen) atoms. The van der Waals surface area contributed by atoms with Gasteiger partial charge in [0.2, 0.25) is 0 Å². The topological polar surface area (TPSA) is 38.5 Å². The van der Waals surface area contributed by atoms with E-state index < -0.39 is 0 Å². The average molecular weight is 272 g/mol. The van der Waals surface area contributed by atoms with Crippen molar-refractivity contribution in [1.82, 2.24) is 4.90 Å². The van der Waals surface area contributed by atoms with Crippen LogP contribution in [0.15, 0.2) is 0 Å². The van der Waals surface area contributed by atoms with Crippen molar-refractivity contribution in [2.45, 2.75) is 65.8 Å². The molecule has 0 aliphatic rings. The summed E-state index contributed by atoms with van der Waals surface area (Å²) < 4.78 is 5.77. The van der Waals surface area contributed by atoms with Crippen molar-refractivity contribution in [1.29, 1.82) is 0 Å². The lowest BCUT2D eigenvalue weighted by Crippen LogP contribution is -2.54. The Kier molecular flexibility index (Phi) is 10.6. The largest absolute Gasteiger partial charge is 0.380 e. The van der Waals surface area contributed by atoms with Crippen LogP contribution in [0.3, 0.4) is 0 Å². The smallest absolute Gasteiger partial charge is 0.0593 e. The van der Waals surface area contributed by atoms with Gasteiger partial charge in [-0.05, 0) is 38.1 Å². The maximum absolute atomic E-state index is 6.05. The molecule has 0 saturated carbocycles. The monoisotopic (exact) mass is 272 g/mol. The fourth-order valence-corrected chi connectivity index (χ4v) is 2.57. The third-order valence-electron chi connectivity index (χ3n) is 4.21. The second-order valence-electron chi connectivity index (χ2n) is 5.92. The van der Waals surface area contributed by atoms with E-state index in [4.69, 9.17) is 10.5 Å². The predicted molar refractivity (Wildman–Crippen MR) is 84.5 cm³/mol. The average Bonchev–Trinajstić information content (AvgIpc) is 2.40. The zero-order valence-electron chi connectivity index (χ0n) is 13.9. The van der Waals surface area contributed by atoms with Crippen molar-refractivity contribution in [3.05, 3.63) is 0 Å². The van der Waals surface area contributed by atoms with Gasteiger partial charge in [-0.15, -0.1) is 0 Å². The zero-order chi connectivity index (χ0) is 14.7. The van der Waals surface area contributed by atoms with Gasteiger partial charge in [0, 0.05) is 25.2 Å². The van der Waals surface area contributed by atoms with Crippen LogP contribution in [0.4, 0.5) is 0 Å². The molecule has 0 radical (unpaired) electrons. The van der Waals surface area contributed by atoms with Crippen molar-refractivity contribution < 1.29 is 4.74 Å². The van der Waals surface area contributed by atoms with Gasteiger partial charge in [0.25, 0.3) is 0 Å². The molecule has 0 aliphatic heterocycles. The molecule has 0 aromatic carbocycles. The molecule has 3 heteroatoms. The van der Waals surface area contributed by atoms with Gasteiger partial charge in [-0.2, -0.15) is 0 Å². The first-order chi connectivity index (χ1) is 9.06. The Bertz CT molecular complexity index is 195. The lowest BCUT2D eigenvalue weighted by atomic mass is 9.90. The van der Waals surface area contributed by atoms with Gasteiger partial charge in [-0.25, -0.2) is 0 Å². The maximum Gasteiger partial charge on any atom is 0.0593 e. The highest BCUT2D eigenvalue weighted by molar-refractivity contribution is 4.89. The van der Waals surface area contributed by atoms with E-state index in [0.717, 1.165) is 58.0 Å². The molecule has 2 N–H and O–H groups in total. The van der Waals surface area contributed by atoms with Crippen LogP contribution >= 0.6 is 0 Å². The van der Waals surface area contributed by atoms with E-state index in [9.17, 15) is 0 Å². The van der Waals surface area contributed by atoms with Crippen molar-refractivity contribution in [2.75, 3.05) is 32.8 Å². The molecule has 0 aromatic heterocycles. The van der Waals surface area contributed by atoms with Gasteiger partial charge in [0.15, 0.2) is 0 Å². The van der Waals surface area contributed by atoms with E-state index in [0.29, 0.717) is 0 Å². The first kappa shape index (κ1) is 18.9. The first-order valence-electron chi connectivity index (χ1n) is 8.09. The Labute approximate surface area is 120 Å². The van der Waals surface area contributed by atoms with E-state index in [2.05, 4.69) is 39.5 Å².